The van der Waals surface area contributed by atoms with Gasteiger partial charge in [-0.3, -0.25) is 0 Å². The molecule has 0 aliphatic heterocycles. The molecule has 150 valence electrons. The Morgan fingerprint density at radius 2 is 1.68 bits per heavy atom. The van der Waals surface area contributed by atoms with E-state index in [1.807, 2.05) is 7.05 Å². The number of hydrogen-bond donors (Lipinski definition) is 1. The summed E-state index contributed by atoms with van der Waals surface area (Å²) >= 11 is 1.80. The Bertz CT molecular complexity index is 926. The van der Waals surface area contributed by atoms with E-state index in [1.54, 1.807) is 11.3 Å². The van der Waals surface area contributed by atoms with Crippen LogP contribution in [0.1, 0.15) is 20.8 Å². The molecule has 0 fully saturated rings. The van der Waals surface area contributed by atoms with E-state index >= 15 is 0 Å². The third-order valence-corrected chi connectivity index (χ3v) is 11.3. The normalized spacial score (nSPS) is 12.4. The van der Waals surface area contributed by atoms with Gasteiger partial charge < -0.3 is 14.5 Å². The number of rotatable bonds is 7. The summed E-state index contributed by atoms with van der Waals surface area (Å²) in [5.74, 6) is 0.908. The van der Waals surface area contributed by atoms with Gasteiger partial charge in [-0.15, -0.1) is 11.3 Å². The molecule has 0 aliphatic rings. The van der Waals surface area contributed by atoms with Gasteiger partial charge in [0, 0.05) is 22.3 Å². The lowest BCUT2D eigenvalue weighted by Crippen LogP contribution is -2.41. The van der Waals surface area contributed by atoms with Crippen LogP contribution < -0.4 is 10.1 Å². The summed E-state index contributed by atoms with van der Waals surface area (Å²) in [6.07, 6.45) is 0. The largest absolute Gasteiger partial charge is 0.491 e. The first kappa shape index (κ1) is 20.9. The van der Waals surface area contributed by atoms with Gasteiger partial charge in [0.2, 0.25) is 0 Å². The van der Waals surface area contributed by atoms with Crippen LogP contribution in [0.3, 0.4) is 0 Å². The smallest absolute Gasteiger partial charge is 0.192 e. The number of anilines is 1. The Kier molecular flexibility index (Phi) is 6.17. The zero-order valence-corrected chi connectivity index (χ0v) is 19.6. The molecule has 0 unspecified atom stereocenters. The van der Waals surface area contributed by atoms with E-state index in [2.05, 4.69) is 87.7 Å². The number of fused-ring (bicyclic) bond motifs is 1. The molecular weight excluding hydrogens is 382 g/mol. The molecule has 0 spiro atoms. The minimum atomic E-state index is -1.71. The fraction of sp³-hybridized carbons (Fsp3) is 0.391. The maximum Gasteiger partial charge on any atom is 0.192 e. The maximum absolute atomic E-state index is 6.20. The lowest BCUT2D eigenvalue weighted by molar-refractivity contribution is 0.203. The van der Waals surface area contributed by atoms with Crippen molar-refractivity contribution in [1.82, 2.24) is 0 Å². The highest BCUT2D eigenvalue weighted by Crippen LogP contribution is 2.37. The first-order chi connectivity index (χ1) is 13.2. The molecule has 0 amide bonds. The van der Waals surface area contributed by atoms with Crippen molar-refractivity contribution >= 4 is 35.4 Å². The quantitative estimate of drug-likeness (QED) is 0.334. The Labute approximate surface area is 173 Å². The third-order valence-electron chi connectivity index (χ3n) is 5.57. The molecule has 1 N–H and O–H groups in total. The zero-order valence-electron chi connectivity index (χ0n) is 17.8. The van der Waals surface area contributed by atoms with Gasteiger partial charge in [0.15, 0.2) is 8.32 Å². The summed E-state index contributed by atoms with van der Waals surface area (Å²) in [6.45, 7) is 12.5. The van der Waals surface area contributed by atoms with Crippen molar-refractivity contribution in [3.8, 4) is 16.2 Å². The van der Waals surface area contributed by atoms with E-state index in [9.17, 15) is 0 Å². The monoisotopic (exact) mass is 413 g/mol. The Morgan fingerprint density at radius 1 is 0.964 bits per heavy atom. The molecule has 0 bridgehead atoms. The van der Waals surface area contributed by atoms with Gasteiger partial charge in [0.1, 0.15) is 12.4 Å². The van der Waals surface area contributed by atoms with Gasteiger partial charge in [0.05, 0.1) is 6.61 Å². The van der Waals surface area contributed by atoms with E-state index < -0.39 is 8.32 Å². The molecule has 5 heteroatoms. The number of hydrogen-bond acceptors (Lipinski definition) is 4. The van der Waals surface area contributed by atoms with Crippen LogP contribution in [-0.4, -0.2) is 28.6 Å². The Morgan fingerprint density at radius 3 is 2.32 bits per heavy atom. The maximum atomic E-state index is 6.20. The standard InChI is InChI=1S/C23H31NO2SSi/c1-23(2,3)28(5,6)26-14-13-25-20-12-9-18-15-21(27-22(18)16-20)17-7-10-19(24-4)11-8-17/h7-12,15-16,24H,13-14H2,1-6H3. The van der Waals surface area contributed by atoms with E-state index in [-0.39, 0.29) is 5.04 Å². The topological polar surface area (TPSA) is 30.5 Å². The summed E-state index contributed by atoms with van der Waals surface area (Å²) in [5.41, 5.74) is 2.37. The second kappa shape index (κ2) is 8.27. The summed E-state index contributed by atoms with van der Waals surface area (Å²) in [6, 6.07) is 17.1. The van der Waals surface area contributed by atoms with Crippen LogP contribution in [0, 0.1) is 0 Å². The Hall–Kier alpha value is -1.82. The van der Waals surface area contributed by atoms with E-state index in [1.165, 1.54) is 20.5 Å². The summed E-state index contributed by atoms with van der Waals surface area (Å²) in [5, 5.41) is 4.64. The number of benzene rings is 2. The summed E-state index contributed by atoms with van der Waals surface area (Å²) in [7, 11) is 0.228. The molecule has 3 rings (SSSR count). The number of thiophene rings is 1. The van der Waals surface area contributed by atoms with Gasteiger partial charge in [-0.1, -0.05) is 32.9 Å². The highest BCUT2D eigenvalue weighted by Gasteiger charge is 2.36. The van der Waals surface area contributed by atoms with E-state index in [0.717, 1.165) is 11.4 Å². The minimum Gasteiger partial charge on any atom is -0.491 e. The highest BCUT2D eigenvalue weighted by molar-refractivity contribution is 7.22. The predicted molar refractivity (Wildman–Crippen MR) is 125 cm³/mol. The average molecular weight is 414 g/mol. The van der Waals surface area contributed by atoms with Crippen LogP contribution >= 0.6 is 11.3 Å². The van der Waals surface area contributed by atoms with E-state index in [0.29, 0.717) is 13.2 Å². The number of ether oxygens (including phenoxy) is 1. The molecule has 0 aliphatic carbocycles. The van der Waals surface area contributed by atoms with Crippen molar-refractivity contribution in [3.63, 3.8) is 0 Å². The van der Waals surface area contributed by atoms with Crippen LogP contribution in [0.15, 0.2) is 48.5 Å². The lowest BCUT2D eigenvalue weighted by Gasteiger charge is -2.36. The molecule has 28 heavy (non-hydrogen) atoms. The fourth-order valence-electron chi connectivity index (χ4n) is 2.72. The van der Waals surface area contributed by atoms with Gasteiger partial charge in [-0.05, 0) is 65.5 Å². The van der Waals surface area contributed by atoms with Gasteiger partial charge in [0.25, 0.3) is 0 Å². The van der Waals surface area contributed by atoms with E-state index in [4.69, 9.17) is 9.16 Å². The number of nitrogens with one attached hydrogen (secondary N) is 1. The molecule has 1 heterocycles. The van der Waals surface area contributed by atoms with Crippen molar-refractivity contribution in [3.05, 3.63) is 48.5 Å². The van der Waals surface area contributed by atoms with Crippen LogP contribution in [0.4, 0.5) is 5.69 Å². The van der Waals surface area contributed by atoms with Crippen LogP contribution in [0.5, 0.6) is 5.75 Å². The SMILES string of the molecule is CNc1ccc(-c2cc3ccc(OCCO[Si](C)(C)C(C)(C)C)cc3s2)cc1. The van der Waals surface area contributed by atoms with Crippen molar-refractivity contribution in [2.24, 2.45) is 0 Å². The Balaban J connectivity index is 1.64. The zero-order chi connectivity index (χ0) is 20.4. The lowest BCUT2D eigenvalue weighted by atomic mass is 10.1. The summed E-state index contributed by atoms with van der Waals surface area (Å²) < 4.78 is 13.4. The molecule has 2 aromatic carbocycles. The minimum absolute atomic E-state index is 0.227. The third kappa shape index (κ3) is 4.77. The molecule has 3 nitrogen and oxygen atoms in total. The fourth-order valence-corrected chi connectivity index (χ4v) is 4.84. The first-order valence-electron chi connectivity index (χ1n) is 9.78. The van der Waals surface area contributed by atoms with Crippen molar-refractivity contribution in [2.45, 2.75) is 38.9 Å². The van der Waals surface area contributed by atoms with Crippen LogP contribution in [0.25, 0.3) is 20.5 Å². The predicted octanol–water partition coefficient (Wildman–Crippen LogP) is 7.01. The first-order valence-corrected chi connectivity index (χ1v) is 13.5. The van der Waals surface area contributed by atoms with Crippen molar-refractivity contribution in [2.75, 3.05) is 25.6 Å². The van der Waals surface area contributed by atoms with Gasteiger partial charge in [-0.25, -0.2) is 0 Å². The van der Waals surface area contributed by atoms with Crippen LogP contribution in [0.2, 0.25) is 18.1 Å². The molecular formula is C23H31NO2SSi. The molecule has 3 aromatic rings. The molecule has 0 atom stereocenters. The molecule has 0 radical (unpaired) electrons. The average Bonchev–Trinajstić information content (AvgIpc) is 3.08. The van der Waals surface area contributed by atoms with Crippen molar-refractivity contribution < 1.29 is 9.16 Å². The van der Waals surface area contributed by atoms with Crippen molar-refractivity contribution in [1.29, 1.82) is 0 Å². The highest BCUT2D eigenvalue weighted by atomic mass is 32.1. The van der Waals surface area contributed by atoms with Gasteiger partial charge >= 0.3 is 0 Å². The molecule has 1 aromatic heterocycles. The molecule has 0 saturated heterocycles. The second-order valence-electron chi connectivity index (χ2n) is 8.59. The van der Waals surface area contributed by atoms with Gasteiger partial charge in [-0.2, -0.15) is 0 Å². The van der Waals surface area contributed by atoms with Crippen LogP contribution in [-0.2, 0) is 4.43 Å². The second-order valence-corrected chi connectivity index (χ2v) is 14.5. The molecule has 0 saturated carbocycles. The summed E-state index contributed by atoms with van der Waals surface area (Å²) in [4.78, 5) is 1.27.